The van der Waals surface area contributed by atoms with Gasteiger partial charge in [0.1, 0.15) is 0 Å². The number of aromatic nitrogens is 2. The van der Waals surface area contributed by atoms with E-state index < -0.39 is 0 Å². The lowest BCUT2D eigenvalue weighted by Gasteiger charge is -2.07. The van der Waals surface area contributed by atoms with Crippen molar-refractivity contribution in [1.29, 1.82) is 0 Å². The first-order valence-corrected chi connectivity index (χ1v) is 8.00. The van der Waals surface area contributed by atoms with Gasteiger partial charge in [0.15, 0.2) is 5.82 Å². The lowest BCUT2D eigenvalue weighted by molar-refractivity contribution is 1.10. The Morgan fingerprint density at radius 1 is 0.952 bits per heavy atom. The van der Waals surface area contributed by atoms with Crippen molar-refractivity contribution in [2.45, 2.75) is 6.92 Å². The third kappa shape index (κ3) is 2.89. The van der Waals surface area contributed by atoms with Crippen molar-refractivity contribution in [2.75, 3.05) is 5.73 Å². The minimum absolute atomic E-state index is 0.505. The van der Waals surface area contributed by atoms with Gasteiger partial charge in [-0.1, -0.05) is 61.7 Å². The second-order valence-electron chi connectivity index (χ2n) is 4.88. The van der Waals surface area contributed by atoms with Gasteiger partial charge in [0.05, 0.1) is 11.3 Å². The van der Waals surface area contributed by atoms with Gasteiger partial charge in [-0.2, -0.15) is 5.10 Å². The highest BCUT2D eigenvalue weighted by atomic mass is 79.9. The molecular weight excluding hydrogens is 394 g/mol. The molecule has 0 aliphatic heterocycles. The number of halogens is 2. The van der Waals surface area contributed by atoms with Gasteiger partial charge >= 0.3 is 0 Å². The van der Waals surface area contributed by atoms with E-state index in [0.717, 1.165) is 31.3 Å². The van der Waals surface area contributed by atoms with E-state index in [2.05, 4.69) is 73.2 Å². The molecule has 0 saturated heterocycles. The third-order valence-corrected chi connectivity index (χ3v) is 4.20. The van der Waals surface area contributed by atoms with Crippen molar-refractivity contribution in [3.63, 3.8) is 0 Å². The minimum atomic E-state index is 0.505. The van der Waals surface area contributed by atoms with Gasteiger partial charge in [0, 0.05) is 14.5 Å². The molecule has 0 amide bonds. The normalized spacial score (nSPS) is 10.8. The Balaban J connectivity index is 2.19. The Morgan fingerprint density at radius 2 is 1.57 bits per heavy atom. The number of aromatic amines is 1. The quantitative estimate of drug-likeness (QED) is 0.617. The van der Waals surface area contributed by atoms with Crippen LogP contribution in [0.1, 0.15) is 5.56 Å². The van der Waals surface area contributed by atoms with Gasteiger partial charge in [-0.15, -0.1) is 0 Å². The Morgan fingerprint density at radius 3 is 2.19 bits per heavy atom. The largest absolute Gasteiger partial charge is 0.382 e. The van der Waals surface area contributed by atoms with E-state index in [-0.39, 0.29) is 0 Å². The third-order valence-electron chi connectivity index (χ3n) is 3.29. The molecule has 3 N–H and O–H groups in total. The molecule has 3 rings (SSSR count). The molecule has 0 aliphatic carbocycles. The molecule has 5 heteroatoms. The van der Waals surface area contributed by atoms with Crippen molar-refractivity contribution in [1.82, 2.24) is 10.2 Å². The Hall–Kier alpha value is -1.59. The minimum Gasteiger partial charge on any atom is -0.382 e. The second kappa shape index (κ2) is 5.66. The summed E-state index contributed by atoms with van der Waals surface area (Å²) >= 11 is 7.02. The summed E-state index contributed by atoms with van der Waals surface area (Å²) in [6.45, 7) is 2.06. The van der Waals surface area contributed by atoms with Gasteiger partial charge in [0.2, 0.25) is 0 Å². The predicted molar refractivity (Wildman–Crippen MR) is 94.0 cm³/mol. The smallest absolute Gasteiger partial charge is 0.153 e. The first kappa shape index (κ1) is 14.4. The second-order valence-corrected chi connectivity index (χ2v) is 6.71. The molecule has 0 spiro atoms. The van der Waals surface area contributed by atoms with Crippen LogP contribution < -0.4 is 5.73 Å². The van der Waals surface area contributed by atoms with Crippen molar-refractivity contribution < 1.29 is 0 Å². The van der Waals surface area contributed by atoms with Crippen LogP contribution in [0.4, 0.5) is 5.82 Å². The van der Waals surface area contributed by atoms with E-state index in [4.69, 9.17) is 5.73 Å². The monoisotopic (exact) mass is 405 g/mol. The first-order chi connectivity index (χ1) is 10.0. The number of nitrogen functional groups attached to an aromatic ring is 1. The molecule has 0 radical (unpaired) electrons. The van der Waals surface area contributed by atoms with Crippen LogP contribution in [0.2, 0.25) is 0 Å². The van der Waals surface area contributed by atoms with Crippen molar-refractivity contribution in [3.05, 3.63) is 57.0 Å². The molecule has 0 saturated carbocycles. The number of hydrogen-bond acceptors (Lipinski definition) is 2. The number of H-pyrrole nitrogens is 1. The zero-order valence-electron chi connectivity index (χ0n) is 11.3. The van der Waals surface area contributed by atoms with Crippen LogP contribution in [0.25, 0.3) is 22.4 Å². The summed E-state index contributed by atoms with van der Waals surface area (Å²) in [5, 5.41) is 7.21. The highest BCUT2D eigenvalue weighted by Crippen LogP contribution is 2.36. The van der Waals surface area contributed by atoms with Crippen molar-refractivity contribution in [3.8, 4) is 22.4 Å². The van der Waals surface area contributed by atoms with Crippen LogP contribution in [0.15, 0.2) is 51.4 Å². The molecule has 3 nitrogen and oxygen atoms in total. The molecule has 3 aromatic rings. The molecule has 0 atom stereocenters. The van der Waals surface area contributed by atoms with E-state index in [9.17, 15) is 0 Å². The number of hydrogen-bond donors (Lipinski definition) is 2. The molecule has 106 valence electrons. The van der Waals surface area contributed by atoms with Crippen molar-refractivity contribution in [2.24, 2.45) is 0 Å². The van der Waals surface area contributed by atoms with Gasteiger partial charge in [-0.3, -0.25) is 5.10 Å². The van der Waals surface area contributed by atoms with Gasteiger partial charge in [-0.05, 0) is 30.7 Å². The highest BCUT2D eigenvalue weighted by Gasteiger charge is 2.15. The number of aryl methyl sites for hydroxylation is 1. The Labute approximate surface area is 139 Å². The zero-order chi connectivity index (χ0) is 15.0. The van der Waals surface area contributed by atoms with Crippen LogP contribution in [0.5, 0.6) is 0 Å². The molecule has 0 aliphatic rings. The molecule has 2 aromatic carbocycles. The predicted octanol–water partition coefficient (Wildman–Crippen LogP) is 5.16. The summed E-state index contributed by atoms with van der Waals surface area (Å²) in [6.07, 6.45) is 0. The number of nitrogens with zero attached hydrogens (tertiary/aromatic N) is 1. The zero-order valence-corrected chi connectivity index (χ0v) is 14.5. The van der Waals surface area contributed by atoms with E-state index in [1.165, 1.54) is 5.56 Å². The van der Waals surface area contributed by atoms with Crippen LogP contribution in [-0.2, 0) is 0 Å². The summed E-state index contributed by atoms with van der Waals surface area (Å²) in [7, 11) is 0. The number of nitrogens with one attached hydrogen (secondary N) is 1. The number of rotatable bonds is 2. The standard InChI is InChI=1S/C16H13Br2N3/c1-9-2-4-10(5-3-9)14-15(20-21-16(14)19)11-6-12(17)8-13(18)7-11/h2-8H,1H3,(H3,19,20,21). The average Bonchev–Trinajstić information content (AvgIpc) is 2.80. The first-order valence-electron chi connectivity index (χ1n) is 6.42. The maximum Gasteiger partial charge on any atom is 0.153 e. The molecule has 1 heterocycles. The SMILES string of the molecule is Cc1ccc(-c2c(N)n[nH]c2-c2cc(Br)cc(Br)c2)cc1. The molecule has 0 fully saturated rings. The van der Waals surface area contributed by atoms with Crippen molar-refractivity contribution >= 4 is 37.7 Å². The molecule has 21 heavy (non-hydrogen) atoms. The van der Waals surface area contributed by atoms with E-state index in [1.54, 1.807) is 0 Å². The summed E-state index contributed by atoms with van der Waals surface area (Å²) < 4.78 is 1.99. The Bertz CT molecular complexity index is 772. The fraction of sp³-hybridized carbons (Fsp3) is 0.0625. The topological polar surface area (TPSA) is 54.7 Å². The maximum absolute atomic E-state index is 6.06. The summed E-state index contributed by atoms with van der Waals surface area (Å²) in [6, 6.07) is 14.3. The molecule has 0 bridgehead atoms. The maximum atomic E-state index is 6.06. The van der Waals surface area contributed by atoms with E-state index in [1.807, 2.05) is 18.2 Å². The molecular formula is C16H13Br2N3. The van der Waals surface area contributed by atoms with E-state index in [0.29, 0.717) is 5.82 Å². The lowest BCUT2D eigenvalue weighted by atomic mass is 10.00. The van der Waals surface area contributed by atoms with Crippen LogP contribution in [0, 0.1) is 6.92 Å². The Kier molecular flexibility index (Phi) is 3.87. The number of nitrogens with two attached hydrogens (primary N) is 1. The van der Waals surface area contributed by atoms with Crippen LogP contribution in [0.3, 0.4) is 0 Å². The van der Waals surface area contributed by atoms with E-state index >= 15 is 0 Å². The number of benzene rings is 2. The summed E-state index contributed by atoms with van der Waals surface area (Å²) in [5.74, 6) is 0.505. The molecule has 1 aromatic heterocycles. The average molecular weight is 407 g/mol. The fourth-order valence-electron chi connectivity index (χ4n) is 2.28. The lowest BCUT2D eigenvalue weighted by Crippen LogP contribution is -1.89. The summed E-state index contributed by atoms with van der Waals surface area (Å²) in [4.78, 5) is 0. The number of anilines is 1. The van der Waals surface area contributed by atoms with Gasteiger partial charge in [0.25, 0.3) is 0 Å². The van der Waals surface area contributed by atoms with Gasteiger partial charge in [-0.25, -0.2) is 0 Å². The van der Waals surface area contributed by atoms with Gasteiger partial charge < -0.3 is 5.73 Å². The van der Waals surface area contributed by atoms with Crippen LogP contribution in [-0.4, -0.2) is 10.2 Å². The highest BCUT2D eigenvalue weighted by molar-refractivity contribution is 9.11. The molecule has 0 unspecified atom stereocenters. The summed E-state index contributed by atoms with van der Waals surface area (Å²) in [5.41, 5.74) is 11.2. The fourth-order valence-corrected chi connectivity index (χ4v) is 3.57. The van der Waals surface area contributed by atoms with Crippen LogP contribution >= 0.6 is 31.9 Å².